The molecule has 146 valence electrons. The van der Waals surface area contributed by atoms with E-state index < -0.39 is 0 Å². The molecule has 6 nitrogen and oxygen atoms in total. The molecule has 0 bridgehead atoms. The number of anilines is 1. The zero-order valence-corrected chi connectivity index (χ0v) is 17.6. The number of nitrogens with zero attached hydrogens (tertiary/aromatic N) is 3. The molecule has 0 saturated heterocycles. The van der Waals surface area contributed by atoms with E-state index in [9.17, 15) is 9.59 Å². The Morgan fingerprint density at radius 3 is 2.50 bits per heavy atom. The number of carbonyl (C=O) groups is 2. The second-order valence-electron chi connectivity index (χ2n) is 6.60. The fourth-order valence-corrected chi connectivity index (χ4v) is 4.47. The lowest BCUT2D eigenvalue weighted by Gasteiger charge is -2.19. The summed E-state index contributed by atoms with van der Waals surface area (Å²) in [6.45, 7) is 10.9. The van der Waals surface area contributed by atoms with E-state index in [1.165, 1.54) is 11.3 Å². The van der Waals surface area contributed by atoms with Crippen molar-refractivity contribution in [1.29, 1.82) is 0 Å². The number of benzene rings is 1. The number of carbonyl (C=O) groups excluding carboxylic acids is 2. The molecule has 0 atom stereocenters. The quantitative estimate of drug-likeness (QED) is 0.696. The van der Waals surface area contributed by atoms with Crippen molar-refractivity contribution in [3.05, 3.63) is 51.8 Å². The third-order valence-electron chi connectivity index (χ3n) is 4.71. The van der Waals surface area contributed by atoms with Crippen molar-refractivity contribution in [2.24, 2.45) is 0 Å². The van der Waals surface area contributed by atoms with E-state index in [1.807, 2.05) is 34.6 Å². The molecule has 2 heterocycles. The molecule has 3 rings (SSSR count). The van der Waals surface area contributed by atoms with Crippen LogP contribution in [0.2, 0.25) is 0 Å². The number of nitrogens with one attached hydrogen (secondary N) is 1. The lowest BCUT2D eigenvalue weighted by molar-refractivity contribution is 0.0772. The minimum absolute atomic E-state index is 0.0412. The Labute approximate surface area is 168 Å². The zero-order chi connectivity index (χ0) is 20.4. The van der Waals surface area contributed by atoms with Crippen molar-refractivity contribution in [3.63, 3.8) is 0 Å². The summed E-state index contributed by atoms with van der Waals surface area (Å²) >= 11 is 1.36. The van der Waals surface area contributed by atoms with Crippen molar-refractivity contribution in [1.82, 2.24) is 14.9 Å². The zero-order valence-electron chi connectivity index (χ0n) is 16.8. The van der Waals surface area contributed by atoms with E-state index in [-0.39, 0.29) is 11.8 Å². The maximum Gasteiger partial charge on any atom is 0.266 e. The van der Waals surface area contributed by atoms with Crippen LogP contribution in [0.1, 0.15) is 51.0 Å². The summed E-state index contributed by atoms with van der Waals surface area (Å²) in [5.74, 6) is 0.450. The molecular weight excluding hydrogens is 372 g/mol. The van der Waals surface area contributed by atoms with Crippen molar-refractivity contribution in [2.75, 3.05) is 18.4 Å². The van der Waals surface area contributed by atoms with Crippen molar-refractivity contribution < 1.29 is 9.59 Å². The van der Waals surface area contributed by atoms with Crippen LogP contribution < -0.4 is 5.32 Å². The Hall–Kier alpha value is -2.80. The standard InChI is InChI=1S/C21H24N4O2S/c1-6-25(7-2)21(27)15-9-8-10-16(11-15)24-19(26)18-12(3)17-13(4)22-14(5)23-20(17)28-18/h8-11H,6-7H2,1-5H3,(H,24,26). The molecule has 0 aliphatic carbocycles. The molecule has 0 spiro atoms. The molecule has 1 N–H and O–H groups in total. The van der Waals surface area contributed by atoms with Gasteiger partial charge in [0.25, 0.3) is 11.8 Å². The second kappa shape index (κ2) is 8.06. The van der Waals surface area contributed by atoms with Gasteiger partial charge in [-0.15, -0.1) is 11.3 Å². The van der Waals surface area contributed by atoms with Crippen LogP contribution >= 0.6 is 11.3 Å². The van der Waals surface area contributed by atoms with Crippen LogP contribution in [0.5, 0.6) is 0 Å². The highest BCUT2D eigenvalue weighted by molar-refractivity contribution is 7.20. The number of aryl methyl sites for hydroxylation is 3. The van der Waals surface area contributed by atoms with E-state index in [0.717, 1.165) is 21.5 Å². The largest absolute Gasteiger partial charge is 0.339 e. The molecule has 0 saturated carbocycles. The molecule has 28 heavy (non-hydrogen) atoms. The minimum atomic E-state index is -0.204. The molecule has 0 radical (unpaired) electrons. The fourth-order valence-electron chi connectivity index (χ4n) is 3.30. The molecule has 0 fully saturated rings. The first kappa shape index (κ1) is 19.9. The maximum atomic E-state index is 12.9. The van der Waals surface area contributed by atoms with Gasteiger partial charge in [0.05, 0.1) is 4.88 Å². The van der Waals surface area contributed by atoms with Gasteiger partial charge in [0, 0.05) is 35.4 Å². The van der Waals surface area contributed by atoms with E-state index in [4.69, 9.17) is 0 Å². The van der Waals surface area contributed by atoms with Crippen LogP contribution in [0.4, 0.5) is 5.69 Å². The lowest BCUT2D eigenvalue weighted by Crippen LogP contribution is -2.30. The highest BCUT2D eigenvalue weighted by Crippen LogP contribution is 2.31. The molecule has 0 aliphatic rings. The average Bonchev–Trinajstić information content (AvgIpc) is 2.99. The summed E-state index contributed by atoms with van der Waals surface area (Å²) in [5, 5.41) is 3.85. The summed E-state index contributed by atoms with van der Waals surface area (Å²) < 4.78 is 0. The highest BCUT2D eigenvalue weighted by atomic mass is 32.1. The fraction of sp³-hybridized carbons (Fsp3) is 0.333. The third-order valence-corrected chi connectivity index (χ3v) is 5.89. The van der Waals surface area contributed by atoms with E-state index in [2.05, 4.69) is 15.3 Å². The van der Waals surface area contributed by atoms with Crippen molar-refractivity contribution >= 4 is 39.1 Å². The average molecular weight is 397 g/mol. The van der Waals surface area contributed by atoms with Crippen LogP contribution in [-0.4, -0.2) is 39.8 Å². The predicted molar refractivity (Wildman–Crippen MR) is 113 cm³/mol. The van der Waals surface area contributed by atoms with Crippen molar-refractivity contribution in [3.8, 4) is 0 Å². The second-order valence-corrected chi connectivity index (χ2v) is 7.60. The van der Waals surface area contributed by atoms with E-state index in [0.29, 0.717) is 35.0 Å². The number of hydrogen-bond acceptors (Lipinski definition) is 5. The van der Waals surface area contributed by atoms with Gasteiger partial charge in [0.2, 0.25) is 0 Å². The molecule has 7 heteroatoms. The Morgan fingerprint density at radius 2 is 1.82 bits per heavy atom. The lowest BCUT2D eigenvalue weighted by atomic mass is 10.1. The smallest absolute Gasteiger partial charge is 0.266 e. The van der Waals surface area contributed by atoms with Crippen LogP contribution in [-0.2, 0) is 0 Å². The molecule has 3 aromatic rings. The molecule has 1 aromatic carbocycles. The normalized spacial score (nSPS) is 10.9. The first-order chi connectivity index (χ1) is 13.3. The topological polar surface area (TPSA) is 75.2 Å². The molecular formula is C21H24N4O2S. The van der Waals surface area contributed by atoms with Gasteiger partial charge in [-0.05, 0) is 58.4 Å². The number of fused-ring (bicyclic) bond motifs is 1. The summed E-state index contributed by atoms with van der Waals surface area (Å²) in [5.41, 5.74) is 2.92. The van der Waals surface area contributed by atoms with Gasteiger partial charge >= 0.3 is 0 Å². The number of rotatable bonds is 5. The van der Waals surface area contributed by atoms with Crippen LogP contribution in [0, 0.1) is 20.8 Å². The molecule has 2 aromatic heterocycles. The third kappa shape index (κ3) is 3.75. The first-order valence-electron chi connectivity index (χ1n) is 9.30. The number of amides is 2. The van der Waals surface area contributed by atoms with Gasteiger partial charge in [-0.25, -0.2) is 9.97 Å². The molecule has 0 aliphatic heterocycles. The molecule has 2 amide bonds. The summed E-state index contributed by atoms with van der Waals surface area (Å²) in [6, 6.07) is 7.05. The van der Waals surface area contributed by atoms with Crippen LogP contribution in [0.25, 0.3) is 10.2 Å². The van der Waals surface area contributed by atoms with E-state index in [1.54, 1.807) is 29.2 Å². The Kier molecular flexibility index (Phi) is 5.74. The van der Waals surface area contributed by atoms with Gasteiger partial charge in [-0.2, -0.15) is 0 Å². The van der Waals surface area contributed by atoms with Crippen LogP contribution in [0.15, 0.2) is 24.3 Å². The van der Waals surface area contributed by atoms with Crippen molar-refractivity contribution in [2.45, 2.75) is 34.6 Å². The van der Waals surface area contributed by atoms with Gasteiger partial charge in [0.1, 0.15) is 10.7 Å². The predicted octanol–water partition coefficient (Wildman–Crippen LogP) is 4.35. The first-order valence-corrected chi connectivity index (χ1v) is 10.1. The Bertz CT molecular complexity index is 1050. The van der Waals surface area contributed by atoms with Gasteiger partial charge in [-0.1, -0.05) is 6.07 Å². The summed E-state index contributed by atoms with van der Waals surface area (Å²) in [6.07, 6.45) is 0. The van der Waals surface area contributed by atoms with Crippen LogP contribution in [0.3, 0.4) is 0 Å². The summed E-state index contributed by atoms with van der Waals surface area (Å²) in [4.78, 5) is 37.5. The van der Waals surface area contributed by atoms with Gasteiger partial charge in [0.15, 0.2) is 0 Å². The number of thiophene rings is 1. The summed E-state index contributed by atoms with van der Waals surface area (Å²) in [7, 11) is 0. The maximum absolute atomic E-state index is 12.9. The molecule has 0 unspecified atom stereocenters. The minimum Gasteiger partial charge on any atom is -0.339 e. The number of hydrogen-bond donors (Lipinski definition) is 1. The van der Waals surface area contributed by atoms with Gasteiger partial charge < -0.3 is 10.2 Å². The highest BCUT2D eigenvalue weighted by Gasteiger charge is 2.19. The van der Waals surface area contributed by atoms with E-state index >= 15 is 0 Å². The monoisotopic (exact) mass is 396 g/mol. The Morgan fingerprint density at radius 1 is 1.11 bits per heavy atom. The van der Waals surface area contributed by atoms with Gasteiger partial charge in [-0.3, -0.25) is 9.59 Å². The Balaban J connectivity index is 1.89. The number of aromatic nitrogens is 2. The SMILES string of the molecule is CCN(CC)C(=O)c1cccc(NC(=O)c2sc3nc(C)nc(C)c3c2C)c1.